The lowest BCUT2D eigenvalue weighted by atomic mass is 10.1. The molecule has 0 spiro atoms. The van der Waals surface area contributed by atoms with Crippen molar-refractivity contribution in [3.8, 4) is 5.75 Å². The van der Waals surface area contributed by atoms with Crippen LogP contribution in [0.15, 0.2) is 12.1 Å². The van der Waals surface area contributed by atoms with Crippen molar-refractivity contribution in [2.75, 3.05) is 12.8 Å². The van der Waals surface area contributed by atoms with Crippen molar-refractivity contribution in [3.63, 3.8) is 0 Å². The van der Waals surface area contributed by atoms with E-state index < -0.39 is 11.7 Å². The number of nitrogens with two attached hydrogens (primary N) is 2. The average molecular weight is 214 g/mol. The van der Waals surface area contributed by atoms with Crippen LogP contribution in [-0.4, -0.2) is 13.0 Å². The summed E-state index contributed by atoms with van der Waals surface area (Å²) in [7, 11) is 1.32. The van der Waals surface area contributed by atoms with Gasteiger partial charge in [0.2, 0.25) is 0 Å². The minimum atomic E-state index is -0.705. The fourth-order valence-corrected chi connectivity index (χ4v) is 0.933. The van der Waals surface area contributed by atoms with E-state index in [0.29, 0.717) is 0 Å². The molecule has 0 saturated carbocycles. The van der Waals surface area contributed by atoms with Crippen molar-refractivity contribution < 1.29 is 13.9 Å². The number of amides is 1. The zero-order chi connectivity index (χ0) is 12.0. The Kier molecular flexibility index (Phi) is 5.15. The van der Waals surface area contributed by atoms with Gasteiger partial charge < -0.3 is 16.2 Å². The maximum absolute atomic E-state index is 12.9. The first kappa shape index (κ1) is 13.2. The molecule has 4 nitrogen and oxygen atoms in total. The van der Waals surface area contributed by atoms with Gasteiger partial charge in [-0.3, -0.25) is 4.79 Å². The van der Waals surface area contributed by atoms with E-state index >= 15 is 0 Å². The molecule has 1 rings (SSSR count). The van der Waals surface area contributed by atoms with E-state index in [-0.39, 0.29) is 17.0 Å². The third-order valence-corrected chi connectivity index (χ3v) is 1.58. The number of primary amides is 1. The van der Waals surface area contributed by atoms with Crippen LogP contribution in [0.3, 0.4) is 0 Å². The highest BCUT2D eigenvalue weighted by Gasteiger charge is 2.12. The molecule has 0 atom stereocenters. The lowest BCUT2D eigenvalue weighted by Crippen LogP contribution is -2.13. The Labute approximate surface area is 88.0 Å². The SMILES string of the molecule is CC.COc1cc(F)c(N)cc1C(N)=O. The zero-order valence-electron chi connectivity index (χ0n) is 9.00. The van der Waals surface area contributed by atoms with Crippen molar-refractivity contribution in [2.45, 2.75) is 13.8 Å². The minimum absolute atomic E-state index is 0.0707. The molecule has 0 aliphatic carbocycles. The highest BCUT2D eigenvalue weighted by Crippen LogP contribution is 2.23. The van der Waals surface area contributed by atoms with E-state index in [1.807, 2.05) is 13.8 Å². The van der Waals surface area contributed by atoms with Gasteiger partial charge in [0.15, 0.2) is 0 Å². The van der Waals surface area contributed by atoms with Crippen LogP contribution in [0.25, 0.3) is 0 Å². The van der Waals surface area contributed by atoms with Gasteiger partial charge in [0.25, 0.3) is 5.91 Å². The van der Waals surface area contributed by atoms with E-state index in [4.69, 9.17) is 16.2 Å². The van der Waals surface area contributed by atoms with E-state index in [1.165, 1.54) is 7.11 Å². The molecule has 0 fully saturated rings. The fourth-order valence-electron chi connectivity index (χ4n) is 0.933. The summed E-state index contributed by atoms with van der Waals surface area (Å²) in [6, 6.07) is 2.17. The Morgan fingerprint density at radius 2 is 1.93 bits per heavy atom. The number of hydrogen-bond acceptors (Lipinski definition) is 3. The molecule has 84 valence electrons. The second-order valence-corrected chi connectivity index (χ2v) is 2.44. The highest BCUT2D eigenvalue weighted by atomic mass is 19.1. The van der Waals surface area contributed by atoms with Gasteiger partial charge >= 0.3 is 0 Å². The second kappa shape index (κ2) is 5.85. The lowest BCUT2D eigenvalue weighted by molar-refractivity contribution is 0.0997. The quantitative estimate of drug-likeness (QED) is 0.733. The number of halogens is 1. The summed E-state index contributed by atoms with van der Waals surface area (Å²) in [6.07, 6.45) is 0. The van der Waals surface area contributed by atoms with Gasteiger partial charge in [0, 0.05) is 6.07 Å². The topological polar surface area (TPSA) is 78.3 Å². The van der Waals surface area contributed by atoms with Crippen LogP contribution in [0.4, 0.5) is 10.1 Å². The number of rotatable bonds is 2. The van der Waals surface area contributed by atoms with Gasteiger partial charge in [-0.05, 0) is 6.07 Å². The predicted molar refractivity (Wildman–Crippen MR) is 57.2 cm³/mol. The largest absolute Gasteiger partial charge is 0.496 e. The summed E-state index contributed by atoms with van der Waals surface area (Å²) in [4.78, 5) is 10.8. The van der Waals surface area contributed by atoms with Crippen LogP contribution in [0.2, 0.25) is 0 Å². The van der Waals surface area contributed by atoms with Gasteiger partial charge in [-0.15, -0.1) is 0 Å². The van der Waals surface area contributed by atoms with Gasteiger partial charge in [0.05, 0.1) is 18.4 Å². The third-order valence-electron chi connectivity index (χ3n) is 1.58. The second-order valence-electron chi connectivity index (χ2n) is 2.44. The Balaban J connectivity index is 0.000000921. The highest BCUT2D eigenvalue weighted by molar-refractivity contribution is 5.96. The normalized spacial score (nSPS) is 8.80. The summed E-state index contributed by atoms with van der Waals surface area (Å²) in [5.41, 5.74) is 10.2. The smallest absolute Gasteiger partial charge is 0.252 e. The van der Waals surface area contributed by atoms with Crippen LogP contribution < -0.4 is 16.2 Å². The Bertz CT molecular complexity index is 354. The standard InChI is InChI=1S/C8H9FN2O2.C2H6/c1-13-7-3-5(9)6(10)2-4(7)8(11)12;1-2/h2-3H,10H2,1H3,(H2,11,12);1-2H3. The number of ether oxygens (including phenoxy) is 1. The van der Waals surface area contributed by atoms with Crippen molar-refractivity contribution in [1.82, 2.24) is 0 Å². The summed E-state index contributed by atoms with van der Waals surface area (Å²) in [6.45, 7) is 4.00. The number of benzene rings is 1. The molecule has 0 aliphatic rings. The Morgan fingerprint density at radius 1 is 1.40 bits per heavy atom. The van der Waals surface area contributed by atoms with Crippen LogP contribution in [0, 0.1) is 5.82 Å². The molecule has 5 heteroatoms. The average Bonchev–Trinajstić information content (AvgIpc) is 2.24. The molecular formula is C10H15FN2O2. The summed E-state index contributed by atoms with van der Waals surface area (Å²) >= 11 is 0. The van der Waals surface area contributed by atoms with E-state index in [0.717, 1.165) is 12.1 Å². The third kappa shape index (κ3) is 3.12. The van der Waals surface area contributed by atoms with Gasteiger partial charge in [-0.25, -0.2) is 4.39 Å². The van der Waals surface area contributed by atoms with Crippen LogP contribution in [-0.2, 0) is 0 Å². The van der Waals surface area contributed by atoms with Gasteiger partial charge in [-0.2, -0.15) is 0 Å². The predicted octanol–water partition coefficient (Wildman–Crippen LogP) is 1.54. The number of carbonyl (C=O) groups is 1. The molecule has 0 unspecified atom stereocenters. The van der Waals surface area contributed by atoms with Gasteiger partial charge in [0.1, 0.15) is 11.6 Å². The number of hydrogen-bond donors (Lipinski definition) is 2. The first-order chi connectivity index (χ1) is 7.06. The molecule has 15 heavy (non-hydrogen) atoms. The molecule has 0 saturated heterocycles. The molecule has 0 aromatic heterocycles. The molecule has 0 heterocycles. The van der Waals surface area contributed by atoms with E-state index in [9.17, 15) is 9.18 Å². The number of nitrogen functional groups attached to an aromatic ring is 1. The molecule has 1 amide bonds. The maximum Gasteiger partial charge on any atom is 0.252 e. The molecule has 0 radical (unpaired) electrons. The van der Waals surface area contributed by atoms with Crippen molar-refractivity contribution >= 4 is 11.6 Å². The monoisotopic (exact) mass is 214 g/mol. The van der Waals surface area contributed by atoms with Crippen molar-refractivity contribution in [3.05, 3.63) is 23.5 Å². The van der Waals surface area contributed by atoms with Crippen molar-refractivity contribution in [1.29, 1.82) is 0 Å². The van der Waals surface area contributed by atoms with Gasteiger partial charge in [-0.1, -0.05) is 13.8 Å². The lowest BCUT2D eigenvalue weighted by Gasteiger charge is -2.06. The fraction of sp³-hybridized carbons (Fsp3) is 0.300. The summed E-state index contributed by atoms with van der Waals surface area (Å²) < 4.78 is 17.6. The molecule has 4 N–H and O–H groups in total. The first-order valence-corrected chi connectivity index (χ1v) is 4.49. The molecular weight excluding hydrogens is 199 g/mol. The summed E-state index contributed by atoms with van der Waals surface area (Å²) in [5, 5.41) is 0. The molecule has 1 aromatic carbocycles. The van der Waals surface area contributed by atoms with Crippen LogP contribution >= 0.6 is 0 Å². The maximum atomic E-state index is 12.9. The number of carbonyl (C=O) groups excluding carboxylic acids is 1. The zero-order valence-corrected chi connectivity index (χ0v) is 9.00. The van der Waals surface area contributed by atoms with Crippen LogP contribution in [0.1, 0.15) is 24.2 Å². The Morgan fingerprint density at radius 3 is 2.33 bits per heavy atom. The van der Waals surface area contributed by atoms with E-state index in [1.54, 1.807) is 0 Å². The van der Waals surface area contributed by atoms with Crippen LogP contribution in [0.5, 0.6) is 5.75 Å². The van der Waals surface area contributed by atoms with E-state index in [2.05, 4.69) is 0 Å². The first-order valence-electron chi connectivity index (χ1n) is 4.49. The number of anilines is 1. The minimum Gasteiger partial charge on any atom is -0.496 e. The molecule has 0 aliphatic heterocycles. The Hall–Kier alpha value is -1.78. The number of methoxy groups -OCH3 is 1. The summed E-state index contributed by atoms with van der Waals surface area (Å²) in [5.74, 6) is -1.26. The molecule has 1 aromatic rings. The molecule has 0 bridgehead atoms. The van der Waals surface area contributed by atoms with Crippen molar-refractivity contribution in [2.24, 2.45) is 5.73 Å².